The molecular formula is C26H24N6O2. The number of carbonyl (C=O) groups excluding carboxylic acids is 1. The largest absolute Gasteiger partial charge is 0.369 e. The van der Waals surface area contributed by atoms with E-state index < -0.39 is 0 Å². The second-order valence-corrected chi connectivity index (χ2v) is 7.87. The molecule has 1 unspecified atom stereocenters. The molecule has 5 rings (SSSR count). The zero-order valence-electron chi connectivity index (χ0n) is 18.5. The number of aromatic nitrogens is 3. The van der Waals surface area contributed by atoms with E-state index in [1.807, 2.05) is 54.6 Å². The molecule has 1 atom stereocenters. The molecule has 34 heavy (non-hydrogen) atoms. The Labute approximate surface area is 197 Å². The predicted octanol–water partition coefficient (Wildman–Crippen LogP) is 4.22. The molecule has 3 N–H and O–H groups in total. The molecule has 8 heteroatoms. The summed E-state index contributed by atoms with van der Waals surface area (Å²) in [5.41, 5.74) is 5.05. The Morgan fingerprint density at radius 3 is 2.79 bits per heavy atom. The molecule has 4 aromatic rings. The molecule has 8 nitrogen and oxygen atoms in total. The van der Waals surface area contributed by atoms with Crippen molar-refractivity contribution in [3.8, 4) is 11.1 Å². The first kappa shape index (κ1) is 21.7. The maximum Gasteiger partial charge on any atom is 0.247 e. The number of ether oxygens (including phenoxy) is 1. The number of rotatable bonds is 6. The van der Waals surface area contributed by atoms with E-state index in [9.17, 15) is 4.79 Å². The van der Waals surface area contributed by atoms with E-state index in [-0.39, 0.29) is 12.0 Å². The van der Waals surface area contributed by atoms with Gasteiger partial charge in [0.2, 0.25) is 11.9 Å². The molecule has 3 heterocycles. The van der Waals surface area contributed by atoms with Crippen molar-refractivity contribution in [3.63, 3.8) is 0 Å². The van der Waals surface area contributed by atoms with E-state index >= 15 is 0 Å². The zero-order valence-corrected chi connectivity index (χ0v) is 18.5. The Morgan fingerprint density at radius 1 is 1.09 bits per heavy atom. The van der Waals surface area contributed by atoms with Gasteiger partial charge >= 0.3 is 0 Å². The smallest absolute Gasteiger partial charge is 0.247 e. The highest BCUT2D eigenvalue weighted by molar-refractivity contribution is 6.00. The number of morpholine rings is 1. The summed E-state index contributed by atoms with van der Waals surface area (Å²) in [6.07, 6.45) is 4.77. The summed E-state index contributed by atoms with van der Waals surface area (Å²) in [5.74, 6) is 0.219. The summed E-state index contributed by atoms with van der Waals surface area (Å²) in [5, 5.41) is 10.3. The molecule has 1 amide bonds. The minimum Gasteiger partial charge on any atom is -0.369 e. The van der Waals surface area contributed by atoms with Crippen LogP contribution in [-0.4, -0.2) is 40.6 Å². The molecule has 0 radical (unpaired) electrons. The van der Waals surface area contributed by atoms with Gasteiger partial charge in [0.15, 0.2) is 0 Å². The van der Waals surface area contributed by atoms with Crippen molar-refractivity contribution in [2.24, 2.45) is 0 Å². The Balaban J connectivity index is 1.41. The lowest BCUT2D eigenvalue weighted by Crippen LogP contribution is -2.33. The Hall–Kier alpha value is -4.14. The number of hydrogen-bond acceptors (Lipinski definition) is 7. The monoisotopic (exact) mass is 452 g/mol. The van der Waals surface area contributed by atoms with Crippen LogP contribution in [0.2, 0.25) is 0 Å². The van der Waals surface area contributed by atoms with Crippen LogP contribution in [0, 0.1) is 0 Å². The van der Waals surface area contributed by atoms with E-state index in [0.717, 1.165) is 46.5 Å². The number of nitrogens with one attached hydrogen (secondary N) is 3. The lowest BCUT2D eigenvalue weighted by Gasteiger charge is -2.23. The summed E-state index contributed by atoms with van der Waals surface area (Å²) in [6.45, 7) is 5.81. The molecule has 0 aliphatic carbocycles. The third-order valence-corrected chi connectivity index (χ3v) is 5.54. The van der Waals surface area contributed by atoms with Crippen LogP contribution in [-0.2, 0) is 9.53 Å². The van der Waals surface area contributed by atoms with Gasteiger partial charge < -0.3 is 20.7 Å². The van der Waals surface area contributed by atoms with Crippen LogP contribution < -0.4 is 16.0 Å². The fourth-order valence-electron chi connectivity index (χ4n) is 3.86. The molecule has 0 bridgehead atoms. The maximum atomic E-state index is 11.7. The molecule has 1 aliphatic rings. The molecule has 1 saturated heterocycles. The summed E-state index contributed by atoms with van der Waals surface area (Å²) >= 11 is 0. The first-order valence-corrected chi connectivity index (χ1v) is 11.0. The molecule has 1 fully saturated rings. The van der Waals surface area contributed by atoms with E-state index in [2.05, 4.69) is 32.5 Å². The number of para-hydroxylation sites is 1. The minimum absolute atomic E-state index is 0.0331. The van der Waals surface area contributed by atoms with Crippen LogP contribution in [0.5, 0.6) is 0 Å². The predicted molar refractivity (Wildman–Crippen MR) is 133 cm³/mol. The summed E-state index contributed by atoms with van der Waals surface area (Å²) in [7, 11) is 0. The van der Waals surface area contributed by atoms with Crippen LogP contribution in [0.15, 0.2) is 79.6 Å². The van der Waals surface area contributed by atoms with Crippen molar-refractivity contribution < 1.29 is 9.53 Å². The van der Waals surface area contributed by atoms with Crippen molar-refractivity contribution in [3.05, 3.63) is 85.3 Å². The third-order valence-electron chi connectivity index (χ3n) is 5.54. The molecule has 1 aliphatic heterocycles. The highest BCUT2D eigenvalue weighted by atomic mass is 16.5. The SMILES string of the molecule is C=CC(=O)Nc1cccc(-c2cccc3cnc(Nc4ccc(C5CNCCO5)nc4)nc23)c1. The second kappa shape index (κ2) is 9.78. The van der Waals surface area contributed by atoms with Crippen LogP contribution in [0.4, 0.5) is 17.3 Å². The van der Waals surface area contributed by atoms with Gasteiger partial charge in [-0.15, -0.1) is 0 Å². The molecule has 0 spiro atoms. The maximum absolute atomic E-state index is 11.7. The fraction of sp³-hybridized carbons (Fsp3) is 0.154. The molecule has 0 saturated carbocycles. The van der Waals surface area contributed by atoms with Gasteiger partial charge in [0.05, 0.1) is 29.7 Å². The van der Waals surface area contributed by atoms with Gasteiger partial charge in [-0.2, -0.15) is 0 Å². The first-order chi connectivity index (χ1) is 16.7. The zero-order chi connectivity index (χ0) is 23.3. The number of amides is 1. The summed E-state index contributed by atoms with van der Waals surface area (Å²) < 4.78 is 5.76. The normalized spacial score (nSPS) is 15.6. The average molecular weight is 453 g/mol. The topological polar surface area (TPSA) is 101 Å². The van der Waals surface area contributed by atoms with Crippen molar-refractivity contribution in [1.29, 1.82) is 0 Å². The molecule has 2 aromatic carbocycles. The summed E-state index contributed by atoms with van der Waals surface area (Å²) in [4.78, 5) is 25.5. The van der Waals surface area contributed by atoms with Gasteiger partial charge in [-0.25, -0.2) is 9.97 Å². The van der Waals surface area contributed by atoms with E-state index in [0.29, 0.717) is 18.2 Å². The fourth-order valence-corrected chi connectivity index (χ4v) is 3.86. The number of nitrogens with zero attached hydrogens (tertiary/aromatic N) is 3. The lowest BCUT2D eigenvalue weighted by molar-refractivity contribution is -0.111. The third kappa shape index (κ3) is 4.78. The van der Waals surface area contributed by atoms with E-state index in [4.69, 9.17) is 9.72 Å². The second-order valence-electron chi connectivity index (χ2n) is 7.87. The minimum atomic E-state index is -0.255. The van der Waals surface area contributed by atoms with Gasteiger partial charge in [-0.05, 0) is 35.9 Å². The number of carbonyl (C=O) groups is 1. The number of fused-ring (bicyclic) bond motifs is 1. The van der Waals surface area contributed by atoms with Crippen molar-refractivity contribution in [1.82, 2.24) is 20.3 Å². The summed E-state index contributed by atoms with van der Waals surface area (Å²) in [6, 6.07) is 17.5. The van der Waals surface area contributed by atoms with Crippen LogP contribution in [0.25, 0.3) is 22.0 Å². The Bertz CT molecular complexity index is 1330. The van der Waals surface area contributed by atoms with Crippen LogP contribution >= 0.6 is 0 Å². The van der Waals surface area contributed by atoms with Gasteiger partial charge in [0, 0.05) is 35.9 Å². The first-order valence-electron chi connectivity index (χ1n) is 11.0. The van der Waals surface area contributed by atoms with Crippen molar-refractivity contribution in [2.75, 3.05) is 30.3 Å². The van der Waals surface area contributed by atoms with Gasteiger partial charge in [-0.3, -0.25) is 9.78 Å². The molecule has 2 aromatic heterocycles. The average Bonchev–Trinajstić information content (AvgIpc) is 2.89. The van der Waals surface area contributed by atoms with Crippen molar-refractivity contribution >= 4 is 34.1 Å². The number of hydrogen-bond donors (Lipinski definition) is 3. The van der Waals surface area contributed by atoms with Crippen molar-refractivity contribution in [2.45, 2.75) is 6.10 Å². The lowest BCUT2D eigenvalue weighted by atomic mass is 10.0. The number of benzene rings is 2. The standard InChI is InChI=1S/C26H24N6O2/c1-2-24(33)30-19-7-3-5-17(13-19)21-8-4-6-18-14-29-26(32-25(18)21)31-20-9-10-22(28-15-20)23-16-27-11-12-34-23/h2-10,13-15,23,27H,1,11-12,16H2,(H,30,33)(H,29,31,32). The van der Waals surface area contributed by atoms with Gasteiger partial charge in [-0.1, -0.05) is 36.9 Å². The molecule has 170 valence electrons. The van der Waals surface area contributed by atoms with E-state index in [1.54, 1.807) is 12.4 Å². The highest BCUT2D eigenvalue weighted by Crippen LogP contribution is 2.30. The number of pyridine rings is 1. The van der Waals surface area contributed by atoms with Crippen LogP contribution in [0.3, 0.4) is 0 Å². The Kier molecular flexibility index (Phi) is 6.24. The number of anilines is 3. The Morgan fingerprint density at radius 2 is 2.00 bits per heavy atom. The quantitative estimate of drug-likeness (QED) is 0.377. The molecular weight excluding hydrogens is 428 g/mol. The highest BCUT2D eigenvalue weighted by Gasteiger charge is 2.17. The van der Waals surface area contributed by atoms with Gasteiger partial charge in [0.1, 0.15) is 6.10 Å². The van der Waals surface area contributed by atoms with Crippen LogP contribution in [0.1, 0.15) is 11.8 Å². The van der Waals surface area contributed by atoms with Gasteiger partial charge in [0.25, 0.3) is 0 Å². The van der Waals surface area contributed by atoms with E-state index in [1.165, 1.54) is 6.08 Å².